The Morgan fingerprint density at radius 3 is 1.92 bits per heavy atom. The zero-order valence-corrected chi connectivity index (χ0v) is 14.1. The van der Waals surface area contributed by atoms with Crippen molar-refractivity contribution in [3.63, 3.8) is 0 Å². The zero-order valence-electron chi connectivity index (χ0n) is 13.2. The van der Waals surface area contributed by atoms with Crippen LogP contribution in [0.1, 0.15) is 0 Å². The van der Waals surface area contributed by atoms with Crippen LogP contribution in [-0.4, -0.2) is 7.11 Å². The lowest BCUT2D eigenvalue weighted by atomic mass is 9.93. The van der Waals surface area contributed by atoms with Gasteiger partial charge in [-0.3, -0.25) is 4.57 Å². The van der Waals surface area contributed by atoms with E-state index < -0.39 is 0 Å². The lowest BCUT2D eigenvalue weighted by molar-refractivity contribution is 0.417. The molecule has 24 heavy (non-hydrogen) atoms. The maximum atomic E-state index is 11.8. The first-order valence-corrected chi connectivity index (χ1v) is 8.56. The molecule has 2 nitrogen and oxygen atoms in total. The van der Waals surface area contributed by atoms with Crippen LogP contribution in [0.3, 0.4) is 0 Å². The average molecular weight is 330 g/mol. The minimum atomic E-state index is 0.00416. The van der Waals surface area contributed by atoms with Crippen molar-refractivity contribution in [2.45, 2.75) is 0 Å². The summed E-state index contributed by atoms with van der Waals surface area (Å²) < 4.78 is 17.5. The topological polar surface area (TPSA) is 26.3 Å². The molecule has 3 heteroatoms. The van der Waals surface area contributed by atoms with Crippen molar-refractivity contribution >= 4 is 35.3 Å². The summed E-state index contributed by atoms with van der Waals surface area (Å²) in [6, 6.07) is 24.3. The third-order valence-corrected chi connectivity index (χ3v) is 4.94. The molecular weight excluding hydrogens is 315 g/mol. The lowest BCUT2D eigenvalue weighted by Crippen LogP contribution is -2.01. The molecule has 116 valence electrons. The molecule has 0 aliphatic heterocycles. The van der Waals surface area contributed by atoms with Crippen LogP contribution in [0.15, 0.2) is 72.8 Å². The monoisotopic (exact) mass is 330 g/mol. The van der Waals surface area contributed by atoms with Crippen LogP contribution in [0.25, 0.3) is 32.7 Å². The van der Waals surface area contributed by atoms with E-state index in [1.54, 1.807) is 7.11 Å². The zero-order chi connectivity index (χ0) is 16.5. The Bertz CT molecular complexity index is 1070. The Kier molecular flexibility index (Phi) is 3.76. The summed E-state index contributed by atoms with van der Waals surface area (Å²) in [6.45, 7) is 0. The second-order valence-electron chi connectivity index (χ2n) is 5.64. The Balaban J connectivity index is 2.23. The van der Waals surface area contributed by atoms with Gasteiger partial charge in [0, 0.05) is 11.1 Å². The highest BCUT2D eigenvalue weighted by Crippen LogP contribution is 2.40. The highest BCUT2D eigenvalue weighted by atomic mass is 31.1. The molecule has 4 rings (SSSR count). The van der Waals surface area contributed by atoms with Gasteiger partial charge in [0.2, 0.25) is 0 Å². The number of rotatable bonds is 3. The Hall–Kier alpha value is -2.70. The molecule has 0 heterocycles. The summed E-state index contributed by atoms with van der Waals surface area (Å²) in [6.07, 6.45) is 0. The Labute approximate surface area is 141 Å². The standard InChI is InChI=1S/C21H15O2P/c1-23-18-12-10-14-6-2-4-8-16(14)20(18)21-17-9-5-3-7-15(17)11-13-19(21)24-22/h2-13H,1H3. The van der Waals surface area contributed by atoms with Gasteiger partial charge in [0.25, 0.3) is 0 Å². The van der Waals surface area contributed by atoms with Crippen molar-refractivity contribution in [1.82, 2.24) is 0 Å². The SMILES string of the molecule is COc1ccc2ccccc2c1-c1c(P=O)ccc2ccccc12. The largest absolute Gasteiger partial charge is 0.496 e. The molecule has 0 atom stereocenters. The molecule has 0 amide bonds. The number of methoxy groups -OCH3 is 1. The van der Waals surface area contributed by atoms with Crippen LogP contribution in [0.5, 0.6) is 5.75 Å². The molecule has 0 aliphatic rings. The summed E-state index contributed by atoms with van der Waals surface area (Å²) in [5.74, 6) is 0.787. The van der Waals surface area contributed by atoms with Crippen molar-refractivity contribution in [1.29, 1.82) is 0 Å². The minimum absolute atomic E-state index is 0.00416. The second-order valence-corrected chi connectivity index (χ2v) is 6.30. The fourth-order valence-electron chi connectivity index (χ4n) is 3.28. The molecule has 0 bridgehead atoms. The van der Waals surface area contributed by atoms with E-state index in [-0.39, 0.29) is 8.46 Å². The smallest absolute Gasteiger partial charge is 0.192 e. The molecular formula is C21H15O2P. The second kappa shape index (κ2) is 6.07. The lowest BCUT2D eigenvalue weighted by Gasteiger charge is -2.16. The quantitative estimate of drug-likeness (QED) is 0.458. The van der Waals surface area contributed by atoms with Gasteiger partial charge >= 0.3 is 0 Å². The van der Waals surface area contributed by atoms with Gasteiger partial charge in [0.05, 0.1) is 12.4 Å². The van der Waals surface area contributed by atoms with Crippen molar-refractivity contribution < 1.29 is 9.30 Å². The molecule has 4 aromatic rings. The van der Waals surface area contributed by atoms with E-state index in [1.807, 2.05) is 42.5 Å². The van der Waals surface area contributed by atoms with E-state index in [9.17, 15) is 4.57 Å². The first kappa shape index (κ1) is 14.9. The Morgan fingerprint density at radius 1 is 0.708 bits per heavy atom. The molecule has 0 radical (unpaired) electrons. The van der Waals surface area contributed by atoms with Crippen molar-refractivity contribution in [2.24, 2.45) is 0 Å². The predicted molar refractivity (Wildman–Crippen MR) is 101 cm³/mol. The molecule has 0 spiro atoms. The van der Waals surface area contributed by atoms with Crippen LogP contribution in [0.2, 0.25) is 0 Å². The molecule has 4 aromatic carbocycles. The summed E-state index contributed by atoms with van der Waals surface area (Å²) >= 11 is 0. The normalized spacial score (nSPS) is 11.2. The van der Waals surface area contributed by atoms with Crippen molar-refractivity contribution in [3.05, 3.63) is 72.8 Å². The van der Waals surface area contributed by atoms with Crippen LogP contribution in [0.4, 0.5) is 0 Å². The molecule has 0 fully saturated rings. The summed E-state index contributed by atoms with van der Waals surface area (Å²) in [4.78, 5) is 0. The van der Waals surface area contributed by atoms with E-state index in [2.05, 4.69) is 30.3 Å². The van der Waals surface area contributed by atoms with E-state index in [4.69, 9.17) is 4.74 Å². The van der Waals surface area contributed by atoms with Gasteiger partial charge in [-0.25, -0.2) is 0 Å². The highest BCUT2D eigenvalue weighted by molar-refractivity contribution is 7.34. The maximum Gasteiger partial charge on any atom is 0.192 e. The number of hydrogen-bond acceptors (Lipinski definition) is 2. The Morgan fingerprint density at radius 2 is 1.29 bits per heavy atom. The number of benzene rings is 4. The molecule has 0 unspecified atom stereocenters. The fourth-order valence-corrected chi connectivity index (χ4v) is 3.74. The fraction of sp³-hybridized carbons (Fsp3) is 0.0476. The molecule has 0 saturated heterocycles. The third kappa shape index (κ3) is 2.28. The van der Waals surface area contributed by atoms with Crippen LogP contribution >= 0.6 is 8.46 Å². The number of ether oxygens (including phenoxy) is 1. The summed E-state index contributed by atoms with van der Waals surface area (Å²) in [7, 11) is 1.68. The summed E-state index contributed by atoms with van der Waals surface area (Å²) in [5, 5.41) is 5.19. The van der Waals surface area contributed by atoms with Gasteiger partial charge < -0.3 is 4.74 Å². The first-order chi connectivity index (χ1) is 11.8. The molecule has 0 aliphatic carbocycles. The van der Waals surface area contributed by atoms with Gasteiger partial charge in [-0.2, -0.15) is 0 Å². The van der Waals surface area contributed by atoms with Crippen molar-refractivity contribution in [2.75, 3.05) is 7.11 Å². The average Bonchev–Trinajstić information content (AvgIpc) is 2.66. The predicted octanol–water partition coefficient (Wildman–Crippen LogP) is 5.59. The third-order valence-electron chi connectivity index (χ3n) is 4.37. The molecule has 0 N–H and O–H groups in total. The first-order valence-electron chi connectivity index (χ1n) is 7.74. The van der Waals surface area contributed by atoms with Gasteiger partial charge in [0.1, 0.15) is 5.75 Å². The number of hydrogen-bond donors (Lipinski definition) is 0. The van der Waals surface area contributed by atoms with E-state index in [1.165, 1.54) is 0 Å². The van der Waals surface area contributed by atoms with Crippen LogP contribution in [-0.2, 0) is 4.57 Å². The van der Waals surface area contributed by atoms with Gasteiger partial charge in [-0.15, -0.1) is 0 Å². The van der Waals surface area contributed by atoms with Gasteiger partial charge in [-0.1, -0.05) is 60.7 Å². The molecule has 0 aromatic heterocycles. The van der Waals surface area contributed by atoms with Crippen molar-refractivity contribution in [3.8, 4) is 16.9 Å². The van der Waals surface area contributed by atoms with Gasteiger partial charge in [-0.05, 0) is 33.7 Å². The minimum Gasteiger partial charge on any atom is -0.496 e. The summed E-state index contributed by atoms with van der Waals surface area (Å²) in [5.41, 5.74) is 1.96. The van der Waals surface area contributed by atoms with E-state index in [0.29, 0.717) is 0 Å². The van der Waals surface area contributed by atoms with Crippen LogP contribution < -0.4 is 10.0 Å². The van der Waals surface area contributed by atoms with Gasteiger partial charge in [0.15, 0.2) is 8.46 Å². The number of fused-ring (bicyclic) bond motifs is 2. The highest BCUT2D eigenvalue weighted by Gasteiger charge is 2.17. The van der Waals surface area contributed by atoms with Crippen LogP contribution in [0, 0.1) is 0 Å². The van der Waals surface area contributed by atoms with E-state index >= 15 is 0 Å². The maximum absolute atomic E-state index is 11.8. The van der Waals surface area contributed by atoms with E-state index in [0.717, 1.165) is 43.7 Å². The molecule has 0 saturated carbocycles.